The summed E-state index contributed by atoms with van der Waals surface area (Å²) in [6, 6.07) is 23.6. The Balaban J connectivity index is 1.61. The maximum Gasteiger partial charge on any atom is 0.253 e. The predicted molar refractivity (Wildman–Crippen MR) is 121 cm³/mol. The van der Waals surface area contributed by atoms with Crippen LogP contribution in [0.25, 0.3) is 0 Å². The summed E-state index contributed by atoms with van der Waals surface area (Å²) in [5.41, 5.74) is 1.59. The lowest BCUT2D eigenvalue weighted by atomic mass is 10.1. The number of ether oxygens (including phenoxy) is 2. The molecule has 0 unspecified atom stereocenters. The molecule has 0 atom stereocenters. The Hall–Kier alpha value is -3.84. The van der Waals surface area contributed by atoms with E-state index in [1.54, 1.807) is 43.5 Å². The number of methoxy groups -OCH3 is 1. The number of nitrogens with one attached hydrogen (secondary N) is 3. The number of hydrogen-bond acceptors (Lipinski definition) is 5. The van der Waals surface area contributed by atoms with E-state index in [0.717, 1.165) is 0 Å². The fraction of sp³-hybridized carbons (Fsp3) is 0.167. The van der Waals surface area contributed by atoms with Gasteiger partial charge in [0.15, 0.2) is 5.75 Å². The molecule has 3 aromatic rings. The standard InChI is InChI=1S/C24H25N3O4/c1-30-16-15-25-24(29)19-11-5-6-12-20(19)26-17-23(28)27-21-13-7-8-14-22(21)31-18-9-3-2-4-10-18/h2-14,26H,15-17H2,1H3,(H,25,29)(H,27,28). The van der Waals surface area contributed by atoms with E-state index < -0.39 is 0 Å². The molecule has 3 aromatic carbocycles. The molecule has 31 heavy (non-hydrogen) atoms. The number of anilines is 2. The lowest BCUT2D eigenvalue weighted by molar-refractivity contribution is -0.114. The number of benzene rings is 3. The second-order valence-corrected chi connectivity index (χ2v) is 6.61. The predicted octanol–water partition coefficient (Wildman–Crippen LogP) is 3.91. The van der Waals surface area contributed by atoms with Crippen LogP contribution in [0, 0.1) is 0 Å². The molecule has 160 valence electrons. The SMILES string of the molecule is COCCNC(=O)c1ccccc1NCC(=O)Nc1ccccc1Oc1ccccc1. The molecule has 0 spiro atoms. The summed E-state index contributed by atoms with van der Waals surface area (Å²) in [6.45, 7) is 0.818. The molecule has 0 fully saturated rings. The van der Waals surface area contributed by atoms with Crippen LogP contribution in [0.15, 0.2) is 78.9 Å². The van der Waals surface area contributed by atoms with Crippen molar-refractivity contribution in [1.82, 2.24) is 5.32 Å². The maximum atomic E-state index is 12.5. The fourth-order valence-electron chi connectivity index (χ4n) is 2.84. The van der Waals surface area contributed by atoms with Crippen molar-refractivity contribution in [3.63, 3.8) is 0 Å². The first-order valence-electron chi connectivity index (χ1n) is 9.89. The normalized spacial score (nSPS) is 10.2. The van der Waals surface area contributed by atoms with Gasteiger partial charge in [-0.25, -0.2) is 0 Å². The Morgan fingerprint density at radius 3 is 2.29 bits per heavy atom. The van der Waals surface area contributed by atoms with E-state index in [4.69, 9.17) is 9.47 Å². The summed E-state index contributed by atoms with van der Waals surface area (Å²) in [5.74, 6) is 0.719. The van der Waals surface area contributed by atoms with Crippen LogP contribution in [0.5, 0.6) is 11.5 Å². The van der Waals surface area contributed by atoms with E-state index in [9.17, 15) is 9.59 Å². The summed E-state index contributed by atoms with van der Waals surface area (Å²) in [6.07, 6.45) is 0. The van der Waals surface area contributed by atoms with Gasteiger partial charge >= 0.3 is 0 Å². The van der Waals surface area contributed by atoms with E-state index in [1.165, 1.54) is 0 Å². The Labute approximate surface area is 181 Å². The highest BCUT2D eigenvalue weighted by Crippen LogP contribution is 2.29. The molecule has 7 heteroatoms. The monoisotopic (exact) mass is 419 g/mol. The van der Waals surface area contributed by atoms with E-state index in [1.807, 2.05) is 42.5 Å². The molecule has 7 nitrogen and oxygen atoms in total. The molecule has 2 amide bonds. The highest BCUT2D eigenvalue weighted by molar-refractivity contribution is 6.01. The Morgan fingerprint density at radius 1 is 0.839 bits per heavy atom. The van der Waals surface area contributed by atoms with Gasteiger partial charge in [-0.15, -0.1) is 0 Å². The average Bonchev–Trinajstić information content (AvgIpc) is 2.80. The second kappa shape index (κ2) is 11.4. The van der Waals surface area contributed by atoms with Gasteiger partial charge in [0.05, 0.1) is 24.4 Å². The number of carbonyl (C=O) groups is 2. The van der Waals surface area contributed by atoms with Crippen LogP contribution >= 0.6 is 0 Å². The van der Waals surface area contributed by atoms with E-state index >= 15 is 0 Å². The molecule has 0 saturated carbocycles. The van der Waals surface area contributed by atoms with Gasteiger partial charge in [0.25, 0.3) is 5.91 Å². The molecular formula is C24H25N3O4. The molecular weight excluding hydrogens is 394 g/mol. The smallest absolute Gasteiger partial charge is 0.253 e. The molecule has 3 N–H and O–H groups in total. The summed E-state index contributed by atoms with van der Waals surface area (Å²) < 4.78 is 10.8. The van der Waals surface area contributed by atoms with E-state index in [2.05, 4.69) is 16.0 Å². The van der Waals surface area contributed by atoms with Crippen LogP contribution < -0.4 is 20.7 Å². The van der Waals surface area contributed by atoms with Crippen LogP contribution in [0.2, 0.25) is 0 Å². The number of carbonyl (C=O) groups excluding carboxylic acids is 2. The van der Waals surface area contributed by atoms with E-state index in [0.29, 0.717) is 41.6 Å². The van der Waals surface area contributed by atoms with Gasteiger partial charge in [0, 0.05) is 19.3 Å². The van der Waals surface area contributed by atoms with Crippen molar-refractivity contribution in [2.24, 2.45) is 0 Å². The first kappa shape index (κ1) is 21.9. The van der Waals surface area contributed by atoms with Crippen LogP contribution in [0.1, 0.15) is 10.4 Å². The van der Waals surface area contributed by atoms with Gasteiger partial charge in [-0.3, -0.25) is 9.59 Å². The Kier molecular flexibility index (Phi) is 8.02. The zero-order chi connectivity index (χ0) is 21.9. The highest BCUT2D eigenvalue weighted by atomic mass is 16.5. The van der Waals surface area contributed by atoms with Gasteiger partial charge in [0.2, 0.25) is 5.91 Å². The van der Waals surface area contributed by atoms with Crippen LogP contribution in [0.3, 0.4) is 0 Å². The summed E-state index contributed by atoms with van der Waals surface area (Å²) >= 11 is 0. The van der Waals surface area contributed by atoms with E-state index in [-0.39, 0.29) is 18.4 Å². The molecule has 0 aliphatic carbocycles. The largest absolute Gasteiger partial charge is 0.455 e. The van der Waals surface area contributed by atoms with Gasteiger partial charge in [0.1, 0.15) is 5.75 Å². The first-order valence-corrected chi connectivity index (χ1v) is 9.89. The minimum absolute atomic E-state index is 0.0119. The quantitative estimate of drug-likeness (QED) is 0.434. The number of amides is 2. The minimum atomic E-state index is -0.265. The highest BCUT2D eigenvalue weighted by Gasteiger charge is 2.12. The van der Waals surface area contributed by atoms with Gasteiger partial charge in [-0.2, -0.15) is 0 Å². The number of para-hydroxylation sites is 4. The zero-order valence-electron chi connectivity index (χ0n) is 17.3. The van der Waals surface area contributed by atoms with Gasteiger partial charge < -0.3 is 25.4 Å². The Morgan fingerprint density at radius 2 is 1.52 bits per heavy atom. The zero-order valence-corrected chi connectivity index (χ0v) is 17.3. The molecule has 0 aliphatic heterocycles. The van der Waals surface area contributed by atoms with Crippen molar-refractivity contribution in [1.29, 1.82) is 0 Å². The van der Waals surface area contributed by atoms with Crippen molar-refractivity contribution in [3.8, 4) is 11.5 Å². The summed E-state index contributed by atoms with van der Waals surface area (Å²) in [4.78, 5) is 24.9. The molecule has 3 rings (SSSR count). The van der Waals surface area contributed by atoms with Gasteiger partial charge in [-0.05, 0) is 36.4 Å². The Bertz CT molecular complexity index is 1010. The lowest BCUT2D eigenvalue weighted by Gasteiger charge is -2.14. The van der Waals surface area contributed by atoms with Crippen LogP contribution in [-0.2, 0) is 9.53 Å². The summed E-state index contributed by atoms with van der Waals surface area (Å²) in [7, 11) is 1.57. The minimum Gasteiger partial charge on any atom is -0.455 e. The first-order chi connectivity index (χ1) is 15.2. The second-order valence-electron chi connectivity index (χ2n) is 6.61. The number of rotatable bonds is 10. The molecule has 0 radical (unpaired) electrons. The molecule has 0 bridgehead atoms. The van der Waals surface area contributed by atoms with Crippen molar-refractivity contribution in [2.45, 2.75) is 0 Å². The topological polar surface area (TPSA) is 88.7 Å². The molecule has 0 aromatic heterocycles. The number of hydrogen-bond donors (Lipinski definition) is 3. The maximum absolute atomic E-state index is 12.5. The molecule has 0 aliphatic rings. The van der Waals surface area contributed by atoms with Crippen molar-refractivity contribution in [3.05, 3.63) is 84.4 Å². The molecule has 0 saturated heterocycles. The van der Waals surface area contributed by atoms with Crippen molar-refractivity contribution < 1.29 is 19.1 Å². The molecule has 0 heterocycles. The lowest BCUT2D eigenvalue weighted by Crippen LogP contribution is -2.28. The fourth-order valence-corrected chi connectivity index (χ4v) is 2.84. The van der Waals surface area contributed by atoms with Gasteiger partial charge in [-0.1, -0.05) is 42.5 Å². The van der Waals surface area contributed by atoms with Crippen molar-refractivity contribution >= 4 is 23.2 Å². The average molecular weight is 419 g/mol. The van der Waals surface area contributed by atoms with Crippen molar-refractivity contribution in [2.75, 3.05) is 37.4 Å². The third-order valence-corrected chi connectivity index (χ3v) is 4.33. The summed E-state index contributed by atoms with van der Waals surface area (Å²) in [5, 5.41) is 8.65. The van der Waals surface area contributed by atoms with Crippen LogP contribution in [-0.4, -0.2) is 38.6 Å². The third-order valence-electron chi connectivity index (χ3n) is 4.33. The third kappa shape index (κ3) is 6.58. The van der Waals surface area contributed by atoms with Crippen LogP contribution in [0.4, 0.5) is 11.4 Å².